The number of benzene rings is 1. The third-order valence-electron chi connectivity index (χ3n) is 4.57. The second-order valence-electron chi connectivity index (χ2n) is 6.48. The Morgan fingerprint density at radius 3 is 2.96 bits per heavy atom. The van der Waals surface area contributed by atoms with Gasteiger partial charge in [-0.3, -0.25) is 4.90 Å². The number of methoxy groups -OCH3 is 1. The Morgan fingerprint density at radius 2 is 2.24 bits per heavy atom. The second kappa shape index (κ2) is 10.4. The fourth-order valence-corrected chi connectivity index (χ4v) is 3.16. The minimum Gasteiger partial charge on any atom is -0.383 e. The van der Waals surface area contributed by atoms with Crippen LogP contribution in [-0.4, -0.2) is 56.8 Å². The highest BCUT2D eigenvalue weighted by molar-refractivity contribution is 5.79. The molecule has 1 heterocycles. The molecule has 6 heteroatoms. The van der Waals surface area contributed by atoms with Gasteiger partial charge in [0, 0.05) is 32.8 Å². The molecule has 1 aromatic carbocycles. The SMILES string of the molecule is CCNC(=NCc1ccc(F)c(C)c1)NCC1CCCN1CCOC. The van der Waals surface area contributed by atoms with Gasteiger partial charge in [0.25, 0.3) is 0 Å². The summed E-state index contributed by atoms with van der Waals surface area (Å²) in [6.45, 7) is 8.94. The molecule has 2 rings (SSSR count). The van der Waals surface area contributed by atoms with Crippen LogP contribution in [0.1, 0.15) is 30.9 Å². The van der Waals surface area contributed by atoms with E-state index in [1.807, 2.05) is 6.07 Å². The number of nitrogens with one attached hydrogen (secondary N) is 2. The van der Waals surface area contributed by atoms with Gasteiger partial charge in [-0.25, -0.2) is 9.38 Å². The summed E-state index contributed by atoms with van der Waals surface area (Å²) >= 11 is 0. The third kappa shape index (κ3) is 6.29. The van der Waals surface area contributed by atoms with Crippen molar-refractivity contribution in [3.8, 4) is 0 Å². The number of nitrogens with zero attached hydrogens (tertiary/aromatic N) is 2. The Bertz CT molecular complexity index is 564. The van der Waals surface area contributed by atoms with Gasteiger partial charge in [0.2, 0.25) is 0 Å². The van der Waals surface area contributed by atoms with Gasteiger partial charge in [0.15, 0.2) is 5.96 Å². The molecule has 1 fully saturated rings. The standard InChI is InChI=1S/C19H31FN4O/c1-4-21-19(22-13-16-7-8-18(20)15(2)12-16)23-14-17-6-5-9-24(17)10-11-25-3/h7-8,12,17H,4-6,9-11,13-14H2,1-3H3,(H2,21,22,23). The maximum atomic E-state index is 13.4. The molecule has 0 aliphatic carbocycles. The zero-order chi connectivity index (χ0) is 18.1. The molecule has 1 unspecified atom stereocenters. The Hall–Kier alpha value is -1.66. The fraction of sp³-hybridized carbons (Fsp3) is 0.632. The van der Waals surface area contributed by atoms with Crippen LogP contribution in [0.25, 0.3) is 0 Å². The quantitative estimate of drug-likeness (QED) is 0.558. The summed E-state index contributed by atoms with van der Waals surface area (Å²) in [6, 6.07) is 5.67. The number of hydrogen-bond donors (Lipinski definition) is 2. The lowest BCUT2D eigenvalue weighted by molar-refractivity contribution is 0.141. The van der Waals surface area contributed by atoms with E-state index in [0.717, 1.165) is 44.3 Å². The molecule has 0 radical (unpaired) electrons. The van der Waals surface area contributed by atoms with E-state index in [-0.39, 0.29) is 5.82 Å². The molecule has 1 aromatic rings. The average molecular weight is 350 g/mol. The van der Waals surface area contributed by atoms with Gasteiger partial charge in [-0.15, -0.1) is 0 Å². The van der Waals surface area contributed by atoms with E-state index in [1.54, 1.807) is 20.1 Å². The number of rotatable bonds is 8. The predicted molar refractivity (Wildman–Crippen MR) is 100 cm³/mol. The monoisotopic (exact) mass is 350 g/mol. The highest BCUT2D eigenvalue weighted by Crippen LogP contribution is 2.16. The van der Waals surface area contributed by atoms with Gasteiger partial charge in [-0.05, 0) is 50.4 Å². The van der Waals surface area contributed by atoms with E-state index in [2.05, 4.69) is 27.4 Å². The number of aryl methyl sites for hydroxylation is 1. The van der Waals surface area contributed by atoms with Gasteiger partial charge < -0.3 is 15.4 Å². The Balaban J connectivity index is 1.89. The summed E-state index contributed by atoms with van der Waals surface area (Å²) in [5.41, 5.74) is 1.67. The van der Waals surface area contributed by atoms with Crippen LogP contribution in [0.3, 0.4) is 0 Å². The molecule has 140 valence electrons. The summed E-state index contributed by atoms with van der Waals surface area (Å²) in [5, 5.41) is 6.73. The van der Waals surface area contributed by atoms with E-state index >= 15 is 0 Å². The van der Waals surface area contributed by atoms with Crippen molar-refractivity contribution in [3.63, 3.8) is 0 Å². The van der Waals surface area contributed by atoms with Gasteiger partial charge in [0.05, 0.1) is 13.2 Å². The molecule has 1 aliphatic heterocycles. The normalized spacial score (nSPS) is 18.6. The molecule has 1 aliphatic rings. The summed E-state index contributed by atoms with van der Waals surface area (Å²) in [4.78, 5) is 7.11. The molecule has 2 N–H and O–H groups in total. The minimum absolute atomic E-state index is 0.171. The highest BCUT2D eigenvalue weighted by Gasteiger charge is 2.23. The van der Waals surface area contributed by atoms with Crippen molar-refractivity contribution in [1.82, 2.24) is 15.5 Å². The smallest absolute Gasteiger partial charge is 0.191 e. The molecule has 5 nitrogen and oxygen atoms in total. The summed E-state index contributed by atoms with van der Waals surface area (Å²) < 4.78 is 18.6. The zero-order valence-electron chi connectivity index (χ0n) is 15.6. The number of ether oxygens (including phenoxy) is 1. The van der Waals surface area contributed by atoms with Gasteiger partial charge in [0.1, 0.15) is 5.82 Å². The number of hydrogen-bond acceptors (Lipinski definition) is 3. The first-order chi connectivity index (χ1) is 12.1. The first kappa shape index (κ1) is 19.7. The summed E-state index contributed by atoms with van der Waals surface area (Å²) in [6.07, 6.45) is 2.44. The topological polar surface area (TPSA) is 48.9 Å². The summed E-state index contributed by atoms with van der Waals surface area (Å²) in [7, 11) is 1.75. The van der Waals surface area contributed by atoms with Crippen LogP contribution in [0.4, 0.5) is 4.39 Å². The van der Waals surface area contributed by atoms with Crippen molar-refractivity contribution in [3.05, 3.63) is 35.1 Å². The molecule has 25 heavy (non-hydrogen) atoms. The predicted octanol–water partition coefficient (Wildman–Crippen LogP) is 2.30. The molecular formula is C19H31FN4O. The molecule has 0 spiro atoms. The van der Waals surface area contributed by atoms with Crippen LogP contribution < -0.4 is 10.6 Å². The van der Waals surface area contributed by atoms with Crippen molar-refractivity contribution in [2.75, 3.05) is 39.9 Å². The molecule has 0 aromatic heterocycles. The van der Waals surface area contributed by atoms with Crippen LogP contribution in [0.15, 0.2) is 23.2 Å². The number of aliphatic imine (C=N–C) groups is 1. The van der Waals surface area contributed by atoms with E-state index in [4.69, 9.17) is 4.74 Å². The molecule has 0 amide bonds. The Morgan fingerprint density at radius 1 is 1.40 bits per heavy atom. The van der Waals surface area contributed by atoms with Crippen LogP contribution >= 0.6 is 0 Å². The Labute approximate surface area is 150 Å². The van der Waals surface area contributed by atoms with Crippen LogP contribution in [0, 0.1) is 12.7 Å². The molecule has 0 saturated carbocycles. The third-order valence-corrected chi connectivity index (χ3v) is 4.57. The lowest BCUT2D eigenvalue weighted by atomic mass is 10.1. The average Bonchev–Trinajstić information content (AvgIpc) is 3.05. The van der Waals surface area contributed by atoms with Crippen molar-refractivity contribution >= 4 is 5.96 Å². The second-order valence-corrected chi connectivity index (χ2v) is 6.48. The zero-order valence-corrected chi connectivity index (χ0v) is 15.6. The number of guanidine groups is 1. The largest absolute Gasteiger partial charge is 0.383 e. The van der Waals surface area contributed by atoms with Crippen LogP contribution in [-0.2, 0) is 11.3 Å². The van der Waals surface area contributed by atoms with Gasteiger partial charge in [-0.1, -0.05) is 12.1 Å². The number of likely N-dealkylation sites (tertiary alicyclic amines) is 1. The van der Waals surface area contributed by atoms with Crippen molar-refractivity contribution < 1.29 is 9.13 Å². The molecule has 1 saturated heterocycles. The van der Waals surface area contributed by atoms with Crippen molar-refractivity contribution in [2.24, 2.45) is 4.99 Å². The lowest BCUT2D eigenvalue weighted by Gasteiger charge is -2.25. The van der Waals surface area contributed by atoms with E-state index in [0.29, 0.717) is 18.2 Å². The first-order valence-electron chi connectivity index (χ1n) is 9.14. The van der Waals surface area contributed by atoms with Crippen molar-refractivity contribution in [1.29, 1.82) is 0 Å². The van der Waals surface area contributed by atoms with Crippen LogP contribution in [0.2, 0.25) is 0 Å². The first-order valence-corrected chi connectivity index (χ1v) is 9.14. The van der Waals surface area contributed by atoms with Crippen molar-refractivity contribution in [2.45, 2.75) is 39.3 Å². The molecular weight excluding hydrogens is 319 g/mol. The van der Waals surface area contributed by atoms with E-state index < -0.39 is 0 Å². The van der Waals surface area contributed by atoms with Gasteiger partial charge in [-0.2, -0.15) is 0 Å². The maximum absolute atomic E-state index is 13.4. The minimum atomic E-state index is -0.171. The van der Waals surface area contributed by atoms with E-state index in [1.165, 1.54) is 18.9 Å². The molecule has 0 bridgehead atoms. The summed E-state index contributed by atoms with van der Waals surface area (Å²) in [5.74, 6) is 0.637. The maximum Gasteiger partial charge on any atom is 0.191 e. The van der Waals surface area contributed by atoms with Crippen LogP contribution in [0.5, 0.6) is 0 Å². The molecule has 1 atom stereocenters. The van der Waals surface area contributed by atoms with E-state index in [9.17, 15) is 4.39 Å². The fourth-order valence-electron chi connectivity index (χ4n) is 3.16. The highest BCUT2D eigenvalue weighted by atomic mass is 19.1. The number of halogens is 1. The lowest BCUT2D eigenvalue weighted by Crippen LogP contribution is -2.45. The van der Waals surface area contributed by atoms with Gasteiger partial charge >= 0.3 is 0 Å². The Kier molecular flexibility index (Phi) is 8.15.